The molecule has 2 aliphatic rings. The number of allylic oxidation sites excluding steroid dienone is 13. The molecule has 2 aliphatic heterocycles. The van der Waals surface area contributed by atoms with Crippen molar-refractivity contribution in [2.75, 3.05) is 19.8 Å². The smallest absolute Gasteiger partial charge is 0.220 e. The zero-order chi connectivity index (χ0) is 73.7. The van der Waals surface area contributed by atoms with Crippen LogP contribution in [0.15, 0.2) is 85.1 Å². The van der Waals surface area contributed by atoms with Crippen LogP contribution in [0.4, 0.5) is 0 Å². The maximum absolute atomic E-state index is 13.4. The van der Waals surface area contributed by atoms with Crippen LogP contribution in [0.3, 0.4) is 0 Å². The Hall–Kier alpha value is -2.83. The van der Waals surface area contributed by atoms with Gasteiger partial charge in [0.1, 0.15) is 48.8 Å². The van der Waals surface area contributed by atoms with Gasteiger partial charge in [-0.15, -0.1) is 0 Å². The molecular formula is C88H159NO13. The normalized spacial score (nSPS) is 22.1. The molecule has 594 valence electrons. The van der Waals surface area contributed by atoms with E-state index in [1.807, 2.05) is 6.08 Å². The summed E-state index contributed by atoms with van der Waals surface area (Å²) in [5.74, 6) is -0.244. The second kappa shape index (κ2) is 71.1. The van der Waals surface area contributed by atoms with Crippen molar-refractivity contribution in [2.45, 2.75) is 447 Å². The molecule has 0 bridgehead atoms. The standard InChI is InChI=1S/C88H159NO13/c1-3-5-7-9-11-13-15-17-19-21-23-25-27-29-31-33-35-37-38-40-42-44-46-48-50-52-54-56-58-60-62-64-66-68-70-72-80(93)89-76(75-99-87-85(98)83(96)86(79(74-91)101-87)102-88-84(97)82(95)81(94)78(73-90)100-88)77(92)71-69-67-65-63-61-59-57-55-53-51-49-47-45-43-41-39-36-34-32-30-28-26-24-22-20-18-16-14-12-10-8-6-4-2/h5,7,11,13,17,19,23,25,29,31,61,63,69,71,76-79,81-88,90-92,94-98H,3-4,6,8-10,12,14-16,18,20-22,24,26-28,30,32-60,62,64-68,70,72-75H2,1-2H3,(H,89,93)/b7-5-,13-11-,19-17-,25-23-,31-29-,63-61+,71-69+. The molecule has 2 fully saturated rings. The van der Waals surface area contributed by atoms with Gasteiger partial charge in [-0.2, -0.15) is 0 Å². The molecular weight excluding hydrogens is 1280 g/mol. The molecule has 2 saturated heterocycles. The lowest BCUT2D eigenvalue weighted by atomic mass is 9.97. The van der Waals surface area contributed by atoms with Crippen LogP contribution in [-0.2, 0) is 23.7 Å². The highest BCUT2D eigenvalue weighted by atomic mass is 16.7. The summed E-state index contributed by atoms with van der Waals surface area (Å²) in [4.78, 5) is 13.4. The summed E-state index contributed by atoms with van der Waals surface area (Å²) in [6, 6.07) is -0.937. The first-order chi connectivity index (χ1) is 50.1. The van der Waals surface area contributed by atoms with E-state index in [9.17, 15) is 45.6 Å². The van der Waals surface area contributed by atoms with Gasteiger partial charge < -0.3 is 65.1 Å². The Morgan fingerprint density at radius 2 is 0.686 bits per heavy atom. The third-order valence-electron chi connectivity index (χ3n) is 20.6. The number of amides is 1. The van der Waals surface area contributed by atoms with E-state index in [1.165, 1.54) is 276 Å². The lowest BCUT2D eigenvalue weighted by Crippen LogP contribution is -2.65. The first-order valence-corrected chi connectivity index (χ1v) is 42.8. The second-order valence-electron chi connectivity index (χ2n) is 29.9. The number of ether oxygens (including phenoxy) is 4. The highest BCUT2D eigenvalue weighted by Gasteiger charge is 2.51. The zero-order valence-electron chi connectivity index (χ0n) is 65.3. The minimum Gasteiger partial charge on any atom is -0.394 e. The van der Waals surface area contributed by atoms with E-state index >= 15 is 0 Å². The van der Waals surface area contributed by atoms with Crippen LogP contribution in [0.1, 0.15) is 373 Å². The molecule has 2 rings (SSSR count). The van der Waals surface area contributed by atoms with Crippen molar-refractivity contribution in [3.8, 4) is 0 Å². The van der Waals surface area contributed by atoms with E-state index in [2.05, 4.69) is 92.1 Å². The number of aliphatic hydroxyl groups is 8. The molecule has 0 aromatic heterocycles. The second-order valence-corrected chi connectivity index (χ2v) is 29.9. The summed E-state index contributed by atoms with van der Waals surface area (Å²) in [5.41, 5.74) is 0. The maximum Gasteiger partial charge on any atom is 0.220 e. The number of rotatable bonds is 72. The van der Waals surface area contributed by atoms with Crippen molar-refractivity contribution in [1.82, 2.24) is 5.32 Å². The van der Waals surface area contributed by atoms with E-state index in [4.69, 9.17) is 18.9 Å². The molecule has 0 spiro atoms. The van der Waals surface area contributed by atoms with Gasteiger partial charge in [-0.25, -0.2) is 0 Å². The molecule has 2 heterocycles. The van der Waals surface area contributed by atoms with Gasteiger partial charge in [0.2, 0.25) is 5.91 Å². The summed E-state index contributed by atoms with van der Waals surface area (Å²) in [6.45, 7) is 2.72. The summed E-state index contributed by atoms with van der Waals surface area (Å²) in [5, 5.41) is 87.8. The molecule has 14 nitrogen and oxygen atoms in total. The van der Waals surface area contributed by atoms with E-state index in [0.717, 1.165) is 64.2 Å². The van der Waals surface area contributed by atoms with Crippen LogP contribution in [0, 0.1) is 0 Å². The fourth-order valence-corrected chi connectivity index (χ4v) is 13.9. The van der Waals surface area contributed by atoms with Crippen molar-refractivity contribution in [3.05, 3.63) is 85.1 Å². The average molecular weight is 1440 g/mol. The monoisotopic (exact) mass is 1440 g/mol. The lowest BCUT2D eigenvalue weighted by Gasteiger charge is -2.46. The van der Waals surface area contributed by atoms with Gasteiger partial charge in [0.05, 0.1) is 32.0 Å². The topological polar surface area (TPSA) is 228 Å². The van der Waals surface area contributed by atoms with Crippen LogP contribution in [-0.4, -0.2) is 140 Å². The van der Waals surface area contributed by atoms with Gasteiger partial charge in [-0.05, 0) is 77.0 Å². The Bertz CT molecular complexity index is 2040. The molecule has 14 heteroatoms. The number of nitrogens with one attached hydrogen (secondary N) is 1. The number of carbonyl (C=O) groups excluding carboxylic acids is 1. The number of hydrogen-bond donors (Lipinski definition) is 9. The van der Waals surface area contributed by atoms with Crippen molar-refractivity contribution >= 4 is 5.91 Å². The molecule has 12 atom stereocenters. The van der Waals surface area contributed by atoms with Gasteiger partial charge in [-0.3, -0.25) is 4.79 Å². The van der Waals surface area contributed by atoms with E-state index in [1.54, 1.807) is 6.08 Å². The fourth-order valence-electron chi connectivity index (χ4n) is 13.9. The van der Waals surface area contributed by atoms with Crippen molar-refractivity contribution in [1.29, 1.82) is 0 Å². The summed E-state index contributed by atoms with van der Waals surface area (Å²) in [7, 11) is 0. The highest BCUT2D eigenvalue weighted by molar-refractivity contribution is 5.76. The third kappa shape index (κ3) is 53.0. The maximum atomic E-state index is 13.4. The highest BCUT2D eigenvalue weighted by Crippen LogP contribution is 2.30. The number of unbranched alkanes of at least 4 members (excludes halogenated alkanes) is 47. The lowest BCUT2D eigenvalue weighted by molar-refractivity contribution is -0.359. The van der Waals surface area contributed by atoms with Crippen LogP contribution >= 0.6 is 0 Å². The number of carbonyl (C=O) groups is 1. The molecule has 12 unspecified atom stereocenters. The minimum absolute atomic E-state index is 0.244. The minimum atomic E-state index is -1.79. The van der Waals surface area contributed by atoms with E-state index in [0.29, 0.717) is 12.8 Å². The average Bonchev–Trinajstić information content (AvgIpc) is 0.790. The summed E-state index contributed by atoms with van der Waals surface area (Å²) in [6.07, 6.45) is 84.0. The molecule has 0 radical (unpaired) electrons. The first-order valence-electron chi connectivity index (χ1n) is 42.8. The molecule has 0 saturated carbocycles. The molecule has 0 aliphatic carbocycles. The van der Waals surface area contributed by atoms with Crippen molar-refractivity contribution in [2.24, 2.45) is 0 Å². The van der Waals surface area contributed by atoms with Crippen LogP contribution in [0.2, 0.25) is 0 Å². The molecule has 102 heavy (non-hydrogen) atoms. The quantitative estimate of drug-likeness (QED) is 0.0204. The summed E-state index contributed by atoms with van der Waals surface area (Å²) >= 11 is 0. The van der Waals surface area contributed by atoms with Crippen LogP contribution in [0.25, 0.3) is 0 Å². The molecule has 9 N–H and O–H groups in total. The SMILES string of the molecule is CC/C=C\C/C=C\C/C=C\C/C=C\C/C=C\CCCCCCCCCCCCCCCCCCCCCC(=O)NC(COC1OC(CO)C(OC2OC(CO)C(O)C(O)C2O)C(O)C1O)C(O)/C=C/CC/C=C/CCCCCCCCCCCCCCCCCCCCCCCCCCCCC. The zero-order valence-corrected chi connectivity index (χ0v) is 65.3. The van der Waals surface area contributed by atoms with E-state index in [-0.39, 0.29) is 18.9 Å². The Morgan fingerprint density at radius 1 is 0.363 bits per heavy atom. The van der Waals surface area contributed by atoms with Crippen LogP contribution < -0.4 is 5.32 Å². The largest absolute Gasteiger partial charge is 0.394 e. The Kier molecular flexibility index (Phi) is 66.4. The first kappa shape index (κ1) is 95.2. The van der Waals surface area contributed by atoms with Gasteiger partial charge in [0.15, 0.2) is 12.6 Å². The number of hydrogen-bond acceptors (Lipinski definition) is 13. The van der Waals surface area contributed by atoms with Crippen molar-refractivity contribution in [3.63, 3.8) is 0 Å². The number of aliphatic hydroxyl groups excluding tert-OH is 8. The van der Waals surface area contributed by atoms with Gasteiger partial charge in [0.25, 0.3) is 0 Å². The Morgan fingerprint density at radius 3 is 1.08 bits per heavy atom. The van der Waals surface area contributed by atoms with Gasteiger partial charge in [-0.1, -0.05) is 375 Å². The molecule has 1 amide bonds. The Labute approximate surface area is 624 Å². The van der Waals surface area contributed by atoms with Gasteiger partial charge in [0, 0.05) is 6.42 Å². The summed E-state index contributed by atoms with van der Waals surface area (Å²) < 4.78 is 22.9. The predicted molar refractivity (Wildman–Crippen MR) is 424 cm³/mol. The molecule has 0 aromatic rings. The third-order valence-corrected chi connectivity index (χ3v) is 20.6. The Balaban J connectivity index is 1.60. The molecule has 0 aromatic carbocycles. The predicted octanol–water partition coefficient (Wildman–Crippen LogP) is 20.3. The van der Waals surface area contributed by atoms with Gasteiger partial charge >= 0.3 is 0 Å². The van der Waals surface area contributed by atoms with Crippen LogP contribution in [0.5, 0.6) is 0 Å². The van der Waals surface area contributed by atoms with E-state index < -0.39 is 86.8 Å². The fraction of sp³-hybridized carbons (Fsp3) is 0.830. The van der Waals surface area contributed by atoms with Crippen molar-refractivity contribution < 1.29 is 64.6 Å².